The normalized spacial score (nSPS) is 25.6. The van der Waals surface area contributed by atoms with Gasteiger partial charge in [0.1, 0.15) is 11.5 Å². The van der Waals surface area contributed by atoms with Crippen molar-refractivity contribution in [1.29, 1.82) is 0 Å². The summed E-state index contributed by atoms with van der Waals surface area (Å²) in [4.78, 5) is 17.3. The standard InChI is InChI=1S/C24H37ClN4O5S/c1-18-4-3-5-22(25)24(18)35(31,32)29-12-13-33-15-21(29)16-34-17-23(30)27-9-6-20(7-10-27)28-11-8-26-19(2)14-28/h3-5,19-21,26H,6-17H2,1-2H3/t19?,21-/m0/s1. The van der Waals surface area contributed by atoms with Crippen molar-refractivity contribution in [2.75, 3.05) is 65.7 Å². The van der Waals surface area contributed by atoms with Crippen molar-refractivity contribution in [2.45, 2.75) is 49.7 Å². The summed E-state index contributed by atoms with van der Waals surface area (Å²) in [6.07, 6.45) is 1.94. The minimum Gasteiger partial charge on any atom is -0.378 e. The molecule has 4 rings (SSSR count). The number of morpholine rings is 1. The molecule has 3 fully saturated rings. The zero-order valence-corrected chi connectivity index (χ0v) is 22.2. The third-order valence-corrected chi connectivity index (χ3v) is 9.76. The Hall–Kier alpha value is -1.27. The van der Waals surface area contributed by atoms with Crippen LogP contribution in [0.2, 0.25) is 5.02 Å². The summed E-state index contributed by atoms with van der Waals surface area (Å²) in [5, 5.41) is 3.68. The number of ether oxygens (including phenoxy) is 2. The lowest BCUT2D eigenvalue weighted by atomic mass is 10.0. The van der Waals surface area contributed by atoms with Gasteiger partial charge in [0.05, 0.1) is 30.9 Å². The second-order valence-corrected chi connectivity index (χ2v) is 11.9. The number of carbonyl (C=O) groups is 1. The van der Waals surface area contributed by atoms with Crippen LogP contribution in [0.3, 0.4) is 0 Å². The highest BCUT2D eigenvalue weighted by Crippen LogP contribution is 2.30. The number of rotatable bonds is 7. The van der Waals surface area contributed by atoms with E-state index in [0.29, 0.717) is 24.3 Å². The minimum atomic E-state index is -3.83. The van der Waals surface area contributed by atoms with Gasteiger partial charge in [0.25, 0.3) is 0 Å². The molecule has 0 aliphatic carbocycles. The predicted molar refractivity (Wildman–Crippen MR) is 134 cm³/mol. The average molecular weight is 529 g/mol. The van der Waals surface area contributed by atoms with Gasteiger partial charge in [0, 0.05) is 51.4 Å². The third kappa shape index (κ3) is 6.36. The van der Waals surface area contributed by atoms with Gasteiger partial charge < -0.3 is 19.7 Å². The summed E-state index contributed by atoms with van der Waals surface area (Å²) < 4.78 is 39.5. The Morgan fingerprint density at radius 2 is 2.00 bits per heavy atom. The molecule has 2 atom stereocenters. The smallest absolute Gasteiger partial charge is 0.248 e. The van der Waals surface area contributed by atoms with Crippen molar-refractivity contribution in [1.82, 2.24) is 19.4 Å². The summed E-state index contributed by atoms with van der Waals surface area (Å²) in [5.74, 6) is -0.0507. The van der Waals surface area contributed by atoms with Crippen molar-refractivity contribution >= 4 is 27.5 Å². The van der Waals surface area contributed by atoms with E-state index in [4.69, 9.17) is 21.1 Å². The maximum absolute atomic E-state index is 13.4. The topological polar surface area (TPSA) is 91.4 Å². The zero-order chi connectivity index (χ0) is 25.0. The van der Waals surface area contributed by atoms with Crippen LogP contribution in [-0.4, -0.2) is 112 Å². The first-order valence-electron chi connectivity index (χ1n) is 12.4. The van der Waals surface area contributed by atoms with Crippen molar-refractivity contribution in [3.05, 3.63) is 28.8 Å². The Morgan fingerprint density at radius 3 is 2.71 bits per heavy atom. The second kappa shape index (κ2) is 11.9. The maximum atomic E-state index is 13.4. The monoisotopic (exact) mass is 528 g/mol. The molecule has 0 saturated carbocycles. The van der Waals surface area contributed by atoms with Gasteiger partial charge in [0.15, 0.2) is 0 Å². The lowest BCUT2D eigenvalue weighted by Gasteiger charge is -2.42. The van der Waals surface area contributed by atoms with E-state index in [-0.39, 0.29) is 42.2 Å². The number of halogens is 1. The number of amides is 1. The molecule has 3 saturated heterocycles. The van der Waals surface area contributed by atoms with E-state index in [9.17, 15) is 13.2 Å². The number of benzene rings is 1. The summed E-state index contributed by atoms with van der Waals surface area (Å²) in [6, 6.07) is 5.56. The molecule has 1 unspecified atom stereocenters. The Kier molecular flexibility index (Phi) is 9.07. The fourth-order valence-electron chi connectivity index (χ4n) is 5.30. The first-order valence-corrected chi connectivity index (χ1v) is 14.3. The van der Waals surface area contributed by atoms with Crippen LogP contribution in [0.1, 0.15) is 25.3 Å². The number of carbonyl (C=O) groups excluding carboxylic acids is 1. The molecule has 1 N–H and O–H groups in total. The highest BCUT2D eigenvalue weighted by Gasteiger charge is 2.36. The number of nitrogens with zero attached hydrogens (tertiary/aromatic N) is 3. The summed E-state index contributed by atoms with van der Waals surface area (Å²) in [7, 11) is -3.83. The Morgan fingerprint density at radius 1 is 1.23 bits per heavy atom. The number of hydrogen-bond acceptors (Lipinski definition) is 7. The molecule has 1 aromatic rings. The van der Waals surface area contributed by atoms with Crippen LogP contribution in [0.4, 0.5) is 0 Å². The van der Waals surface area contributed by atoms with Gasteiger partial charge >= 0.3 is 0 Å². The van der Waals surface area contributed by atoms with E-state index in [1.54, 1.807) is 25.1 Å². The van der Waals surface area contributed by atoms with E-state index in [1.165, 1.54) is 4.31 Å². The molecule has 9 nitrogen and oxygen atoms in total. The number of aryl methyl sites for hydroxylation is 1. The fourth-order valence-corrected chi connectivity index (χ4v) is 7.66. The van der Waals surface area contributed by atoms with E-state index in [2.05, 4.69) is 17.1 Å². The first kappa shape index (κ1) is 26.8. The van der Waals surface area contributed by atoms with Crippen LogP contribution in [0.5, 0.6) is 0 Å². The Bertz CT molecular complexity index is 966. The molecule has 0 radical (unpaired) electrons. The minimum absolute atomic E-state index is 0.0507. The Balaban J connectivity index is 1.28. The van der Waals surface area contributed by atoms with Crippen LogP contribution < -0.4 is 5.32 Å². The molecule has 0 bridgehead atoms. The largest absolute Gasteiger partial charge is 0.378 e. The van der Waals surface area contributed by atoms with Crippen molar-refractivity contribution in [2.24, 2.45) is 0 Å². The van der Waals surface area contributed by atoms with E-state index >= 15 is 0 Å². The first-order chi connectivity index (χ1) is 16.8. The Labute approximate surface area is 213 Å². The molecule has 11 heteroatoms. The summed E-state index contributed by atoms with van der Waals surface area (Å²) in [5.41, 5.74) is 0.595. The number of hydrogen-bond donors (Lipinski definition) is 1. The molecule has 0 aromatic heterocycles. The van der Waals surface area contributed by atoms with Gasteiger partial charge in [-0.3, -0.25) is 9.69 Å². The lowest BCUT2D eigenvalue weighted by molar-refractivity contribution is -0.138. The number of piperidine rings is 1. The molecule has 3 aliphatic rings. The van der Waals surface area contributed by atoms with Crippen LogP contribution in [-0.2, 0) is 24.3 Å². The van der Waals surface area contributed by atoms with Gasteiger partial charge in [-0.05, 0) is 38.3 Å². The number of nitrogens with one attached hydrogen (secondary N) is 1. The number of likely N-dealkylation sites (tertiary alicyclic amines) is 1. The quantitative estimate of drug-likeness (QED) is 0.571. The van der Waals surface area contributed by atoms with E-state index in [0.717, 1.165) is 45.6 Å². The van der Waals surface area contributed by atoms with Gasteiger partial charge in [-0.15, -0.1) is 0 Å². The van der Waals surface area contributed by atoms with Crippen LogP contribution in [0.15, 0.2) is 23.1 Å². The molecule has 0 spiro atoms. The molecular weight excluding hydrogens is 492 g/mol. The van der Waals surface area contributed by atoms with Crippen LogP contribution in [0.25, 0.3) is 0 Å². The molecule has 1 amide bonds. The highest BCUT2D eigenvalue weighted by molar-refractivity contribution is 7.89. The molecular formula is C24H37ClN4O5S. The number of sulfonamides is 1. The van der Waals surface area contributed by atoms with Crippen LogP contribution in [0, 0.1) is 6.92 Å². The van der Waals surface area contributed by atoms with Gasteiger partial charge in [-0.2, -0.15) is 4.31 Å². The average Bonchev–Trinajstić information content (AvgIpc) is 2.84. The summed E-state index contributed by atoms with van der Waals surface area (Å²) >= 11 is 6.26. The lowest BCUT2D eigenvalue weighted by Crippen LogP contribution is -2.55. The van der Waals surface area contributed by atoms with Gasteiger partial charge in [-0.25, -0.2) is 8.42 Å². The number of piperazine rings is 1. The molecule has 1 aromatic carbocycles. The van der Waals surface area contributed by atoms with Crippen molar-refractivity contribution in [3.63, 3.8) is 0 Å². The molecule has 3 heterocycles. The molecule has 196 valence electrons. The van der Waals surface area contributed by atoms with E-state index < -0.39 is 16.1 Å². The SMILES string of the molecule is Cc1cccc(Cl)c1S(=O)(=O)N1CCOC[C@H]1COCC(=O)N1CCC(N2CCNC(C)C2)CC1. The third-order valence-electron chi connectivity index (χ3n) is 7.17. The fraction of sp³-hybridized carbons (Fsp3) is 0.708. The van der Waals surface area contributed by atoms with Crippen molar-refractivity contribution < 1.29 is 22.7 Å². The van der Waals surface area contributed by atoms with E-state index in [1.807, 2.05) is 4.90 Å². The van der Waals surface area contributed by atoms with Gasteiger partial charge in [-0.1, -0.05) is 23.7 Å². The molecule has 35 heavy (non-hydrogen) atoms. The maximum Gasteiger partial charge on any atom is 0.248 e. The zero-order valence-electron chi connectivity index (χ0n) is 20.6. The molecule has 3 aliphatic heterocycles. The summed E-state index contributed by atoms with van der Waals surface area (Å²) in [6.45, 7) is 9.28. The second-order valence-electron chi connectivity index (χ2n) is 9.71. The highest BCUT2D eigenvalue weighted by atomic mass is 35.5. The van der Waals surface area contributed by atoms with Gasteiger partial charge in [0.2, 0.25) is 15.9 Å². The van der Waals surface area contributed by atoms with Crippen molar-refractivity contribution in [3.8, 4) is 0 Å². The predicted octanol–water partition coefficient (Wildman–Crippen LogP) is 1.34. The van der Waals surface area contributed by atoms with Crippen LogP contribution >= 0.6 is 11.6 Å².